The van der Waals surface area contributed by atoms with Crippen LogP contribution in [0.25, 0.3) is 0 Å². The van der Waals surface area contributed by atoms with E-state index in [-0.39, 0.29) is 24.1 Å². The predicted molar refractivity (Wildman–Crippen MR) is 65.4 cm³/mol. The van der Waals surface area contributed by atoms with E-state index in [1.54, 1.807) is 6.07 Å². The molecular formula is C13H18O5. The van der Waals surface area contributed by atoms with E-state index in [0.717, 1.165) is 6.42 Å². The fraction of sp³-hybridized carbons (Fsp3) is 0.462. The average Bonchev–Trinajstić information content (AvgIpc) is 2.33. The number of hydrogen-bond donors (Lipinski definition) is 2. The van der Waals surface area contributed by atoms with Gasteiger partial charge in [0.15, 0.2) is 11.5 Å². The molecule has 2 N–H and O–H groups in total. The average molecular weight is 254 g/mol. The van der Waals surface area contributed by atoms with Gasteiger partial charge in [-0.2, -0.15) is 0 Å². The first kappa shape index (κ1) is 14.3. The minimum atomic E-state index is -0.444. The zero-order chi connectivity index (χ0) is 13.5. The number of carbonyl (C=O) groups is 1. The molecule has 0 saturated heterocycles. The maximum absolute atomic E-state index is 10.8. The van der Waals surface area contributed by atoms with Crippen molar-refractivity contribution in [2.75, 3.05) is 13.2 Å². The second-order valence-corrected chi connectivity index (χ2v) is 3.91. The van der Waals surface area contributed by atoms with Crippen LogP contribution in [-0.2, 0) is 14.3 Å². The van der Waals surface area contributed by atoms with Crippen molar-refractivity contribution in [2.45, 2.75) is 26.4 Å². The van der Waals surface area contributed by atoms with E-state index in [0.29, 0.717) is 12.2 Å². The van der Waals surface area contributed by atoms with E-state index >= 15 is 0 Å². The number of carbonyl (C=O) groups excluding carboxylic acids is 1. The van der Waals surface area contributed by atoms with Gasteiger partial charge in [0, 0.05) is 13.5 Å². The number of rotatable bonds is 6. The lowest BCUT2D eigenvalue weighted by molar-refractivity contribution is -0.145. The maximum atomic E-state index is 10.8. The van der Waals surface area contributed by atoms with Gasteiger partial charge in [-0.1, -0.05) is 13.0 Å². The number of benzene rings is 1. The first-order valence-corrected chi connectivity index (χ1v) is 5.81. The molecule has 5 heteroatoms. The Balaban J connectivity index is 2.79. The summed E-state index contributed by atoms with van der Waals surface area (Å²) < 4.78 is 10.5. The van der Waals surface area contributed by atoms with Crippen molar-refractivity contribution in [1.82, 2.24) is 0 Å². The molecule has 0 heterocycles. The van der Waals surface area contributed by atoms with Gasteiger partial charge in [-0.3, -0.25) is 4.79 Å². The Morgan fingerprint density at radius 3 is 2.61 bits per heavy atom. The van der Waals surface area contributed by atoms with E-state index < -0.39 is 6.10 Å². The molecule has 0 aliphatic rings. The van der Waals surface area contributed by atoms with Crippen LogP contribution < -0.4 is 0 Å². The van der Waals surface area contributed by atoms with Crippen molar-refractivity contribution in [3.63, 3.8) is 0 Å². The summed E-state index contributed by atoms with van der Waals surface area (Å²) in [4.78, 5) is 10.8. The third kappa shape index (κ3) is 4.25. The third-order valence-electron chi connectivity index (χ3n) is 2.33. The lowest BCUT2D eigenvalue weighted by atomic mass is 10.1. The van der Waals surface area contributed by atoms with Crippen LogP contribution in [-0.4, -0.2) is 29.4 Å². The summed E-state index contributed by atoms with van der Waals surface area (Å²) in [6.45, 7) is 3.90. The normalized spacial score (nSPS) is 12.1. The SMILES string of the molecule is CCCOC(COC(C)=O)c1ccc(O)c(O)c1. The molecule has 1 unspecified atom stereocenters. The minimum Gasteiger partial charge on any atom is -0.504 e. The zero-order valence-corrected chi connectivity index (χ0v) is 10.5. The van der Waals surface area contributed by atoms with Gasteiger partial charge in [0.2, 0.25) is 0 Å². The highest BCUT2D eigenvalue weighted by Gasteiger charge is 2.15. The Kier molecular flexibility index (Phi) is 5.45. The Bertz CT molecular complexity index is 402. The lowest BCUT2D eigenvalue weighted by Gasteiger charge is -2.18. The molecule has 0 saturated carbocycles. The molecule has 1 aromatic rings. The first-order valence-electron chi connectivity index (χ1n) is 5.81. The van der Waals surface area contributed by atoms with Crippen LogP contribution in [0.1, 0.15) is 31.9 Å². The van der Waals surface area contributed by atoms with Crippen molar-refractivity contribution < 1.29 is 24.5 Å². The van der Waals surface area contributed by atoms with Crippen LogP contribution in [0, 0.1) is 0 Å². The second kappa shape index (κ2) is 6.86. The molecule has 18 heavy (non-hydrogen) atoms. The predicted octanol–water partition coefficient (Wildman–Crippen LogP) is 2.13. The van der Waals surface area contributed by atoms with Gasteiger partial charge in [0.1, 0.15) is 12.7 Å². The number of phenols is 2. The number of ether oxygens (including phenoxy) is 2. The largest absolute Gasteiger partial charge is 0.504 e. The molecule has 0 aliphatic carbocycles. The van der Waals surface area contributed by atoms with Gasteiger partial charge < -0.3 is 19.7 Å². The molecule has 1 aromatic carbocycles. The van der Waals surface area contributed by atoms with Crippen LogP contribution in [0.3, 0.4) is 0 Å². The van der Waals surface area contributed by atoms with Gasteiger partial charge in [0.05, 0.1) is 0 Å². The van der Waals surface area contributed by atoms with E-state index in [9.17, 15) is 15.0 Å². The monoisotopic (exact) mass is 254 g/mol. The Morgan fingerprint density at radius 1 is 1.33 bits per heavy atom. The van der Waals surface area contributed by atoms with Crippen molar-refractivity contribution in [3.05, 3.63) is 23.8 Å². The zero-order valence-electron chi connectivity index (χ0n) is 10.5. The highest BCUT2D eigenvalue weighted by molar-refractivity contribution is 5.65. The molecule has 0 radical (unpaired) electrons. The summed E-state index contributed by atoms with van der Waals surface area (Å²) in [5.41, 5.74) is 0.653. The van der Waals surface area contributed by atoms with Gasteiger partial charge in [-0.25, -0.2) is 0 Å². The summed E-state index contributed by atoms with van der Waals surface area (Å²) in [6.07, 6.45) is 0.390. The molecule has 0 fully saturated rings. The van der Waals surface area contributed by atoms with Crippen molar-refractivity contribution in [3.8, 4) is 11.5 Å². The molecule has 0 aliphatic heterocycles. The highest BCUT2D eigenvalue weighted by atomic mass is 16.6. The van der Waals surface area contributed by atoms with Crippen LogP contribution in [0.5, 0.6) is 11.5 Å². The van der Waals surface area contributed by atoms with Crippen LogP contribution >= 0.6 is 0 Å². The van der Waals surface area contributed by atoms with E-state index in [1.165, 1.54) is 19.1 Å². The standard InChI is InChI=1S/C13H18O5/c1-3-6-17-13(8-18-9(2)14)10-4-5-11(15)12(16)7-10/h4-5,7,13,15-16H,3,6,8H2,1-2H3. The highest BCUT2D eigenvalue weighted by Crippen LogP contribution is 2.29. The summed E-state index contributed by atoms with van der Waals surface area (Å²) in [5.74, 6) is -0.802. The Hall–Kier alpha value is -1.75. The number of hydrogen-bond acceptors (Lipinski definition) is 5. The molecule has 0 amide bonds. The van der Waals surface area contributed by atoms with E-state index in [1.807, 2.05) is 6.92 Å². The molecule has 0 aromatic heterocycles. The van der Waals surface area contributed by atoms with Gasteiger partial charge in [-0.05, 0) is 24.1 Å². The first-order chi connectivity index (χ1) is 8.54. The Labute approximate surface area is 106 Å². The number of aromatic hydroxyl groups is 2. The molecule has 1 atom stereocenters. The van der Waals surface area contributed by atoms with Crippen LogP contribution in [0.15, 0.2) is 18.2 Å². The number of phenolic OH excluding ortho intramolecular Hbond substituents is 2. The fourth-order valence-electron chi connectivity index (χ4n) is 1.43. The van der Waals surface area contributed by atoms with Crippen molar-refractivity contribution >= 4 is 5.97 Å². The van der Waals surface area contributed by atoms with Gasteiger partial charge >= 0.3 is 5.97 Å². The van der Waals surface area contributed by atoms with E-state index in [2.05, 4.69) is 0 Å². The summed E-state index contributed by atoms with van der Waals surface area (Å²) in [7, 11) is 0. The summed E-state index contributed by atoms with van der Waals surface area (Å²) >= 11 is 0. The quantitative estimate of drug-likeness (QED) is 0.600. The molecule has 100 valence electrons. The second-order valence-electron chi connectivity index (χ2n) is 3.91. The van der Waals surface area contributed by atoms with Crippen molar-refractivity contribution in [1.29, 1.82) is 0 Å². The number of esters is 1. The van der Waals surface area contributed by atoms with Crippen LogP contribution in [0.2, 0.25) is 0 Å². The third-order valence-corrected chi connectivity index (χ3v) is 2.33. The van der Waals surface area contributed by atoms with Gasteiger partial charge in [-0.15, -0.1) is 0 Å². The lowest BCUT2D eigenvalue weighted by Crippen LogP contribution is -2.14. The summed E-state index contributed by atoms with van der Waals surface area (Å²) in [6, 6.07) is 4.40. The molecule has 5 nitrogen and oxygen atoms in total. The topological polar surface area (TPSA) is 76.0 Å². The fourth-order valence-corrected chi connectivity index (χ4v) is 1.43. The maximum Gasteiger partial charge on any atom is 0.302 e. The van der Waals surface area contributed by atoms with Gasteiger partial charge in [0.25, 0.3) is 0 Å². The van der Waals surface area contributed by atoms with Crippen LogP contribution in [0.4, 0.5) is 0 Å². The molecule has 0 spiro atoms. The summed E-state index contributed by atoms with van der Waals surface area (Å²) in [5, 5.41) is 18.7. The minimum absolute atomic E-state index is 0.0829. The molecule has 0 bridgehead atoms. The molecular weight excluding hydrogens is 236 g/mol. The molecule has 1 rings (SSSR count). The Morgan fingerprint density at radius 2 is 2.06 bits per heavy atom. The van der Waals surface area contributed by atoms with Crippen molar-refractivity contribution in [2.24, 2.45) is 0 Å². The smallest absolute Gasteiger partial charge is 0.302 e. The van der Waals surface area contributed by atoms with E-state index in [4.69, 9.17) is 9.47 Å².